The lowest BCUT2D eigenvalue weighted by Crippen LogP contribution is -2.29. The van der Waals surface area contributed by atoms with Crippen LogP contribution in [0.2, 0.25) is 0 Å². The highest BCUT2D eigenvalue weighted by Crippen LogP contribution is 2.14. The van der Waals surface area contributed by atoms with Crippen LogP contribution in [0, 0.1) is 5.82 Å². The van der Waals surface area contributed by atoms with Crippen LogP contribution in [0.1, 0.15) is 11.5 Å². The van der Waals surface area contributed by atoms with Crippen LogP contribution in [0.3, 0.4) is 0 Å². The number of benzene rings is 1. The van der Waals surface area contributed by atoms with E-state index >= 15 is 0 Å². The van der Waals surface area contributed by atoms with Gasteiger partial charge >= 0.3 is 0 Å². The highest BCUT2D eigenvalue weighted by molar-refractivity contribution is 5.20. The normalized spacial score (nSPS) is 12.8. The fraction of sp³-hybridized carbons (Fsp3) is 0.333. The van der Waals surface area contributed by atoms with Crippen molar-refractivity contribution in [2.45, 2.75) is 5.92 Å². The SMILES string of the molecule is NNCC(CO)c1ccc(F)cc1. The third-order valence-electron chi connectivity index (χ3n) is 1.93. The van der Waals surface area contributed by atoms with Crippen molar-refractivity contribution in [1.82, 2.24) is 5.43 Å². The minimum Gasteiger partial charge on any atom is -0.396 e. The minimum atomic E-state index is -0.277. The maximum Gasteiger partial charge on any atom is 0.123 e. The van der Waals surface area contributed by atoms with E-state index in [-0.39, 0.29) is 18.3 Å². The largest absolute Gasteiger partial charge is 0.396 e. The van der Waals surface area contributed by atoms with Crippen LogP contribution in [-0.2, 0) is 0 Å². The lowest BCUT2D eigenvalue weighted by molar-refractivity contribution is 0.262. The van der Waals surface area contributed by atoms with Crippen LogP contribution in [0.15, 0.2) is 24.3 Å². The van der Waals surface area contributed by atoms with Gasteiger partial charge in [-0.3, -0.25) is 11.3 Å². The monoisotopic (exact) mass is 184 g/mol. The fourth-order valence-electron chi connectivity index (χ4n) is 1.17. The Morgan fingerprint density at radius 2 is 2.00 bits per heavy atom. The Bertz CT molecular complexity index is 250. The number of hydrazine groups is 1. The summed E-state index contributed by atoms with van der Waals surface area (Å²) < 4.78 is 12.5. The summed E-state index contributed by atoms with van der Waals surface area (Å²) in [6.07, 6.45) is 0. The van der Waals surface area contributed by atoms with E-state index < -0.39 is 0 Å². The molecule has 4 N–H and O–H groups in total. The van der Waals surface area contributed by atoms with E-state index in [4.69, 9.17) is 10.9 Å². The van der Waals surface area contributed by atoms with Crippen molar-refractivity contribution in [1.29, 1.82) is 0 Å². The van der Waals surface area contributed by atoms with Gasteiger partial charge in [0.15, 0.2) is 0 Å². The number of aliphatic hydroxyl groups is 1. The van der Waals surface area contributed by atoms with Crippen molar-refractivity contribution >= 4 is 0 Å². The molecule has 1 aromatic rings. The molecule has 1 rings (SSSR count). The standard InChI is InChI=1S/C9H13FN2O/c10-9-3-1-7(2-4-9)8(6-13)5-12-11/h1-4,8,12-13H,5-6,11H2. The van der Waals surface area contributed by atoms with Crippen LogP contribution >= 0.6 is 0 Å². The van der Waals surface area contributed by atoms with Crippen molar-refractivity contribution in [2.75, 3.05) is 13.2 Å². The van der Waals surface area contributed by atoms with Crippen LogP contribution in [0.5, 0.6) is 0 Å². The van der Waals surface area contributed by atoms with Crippen LogP contribution < -0.4 is 11.3 Å². The molecule has 0 aliphatic rings. The lowest BCUT2D eigenvalue weighted by atomic mass is 10.0. The number of aliphatic hydroxyl groups excluding tert-OH is 1. The van der Waals surface area contributed by atoms with E-state index in [1.807, 2.05) is 0 Å². The van der Waals surface area contributed by atoms with Gasteiger partial charge in [0.2, 0.25) is 0 Å². The Morgan fingerprint density at radius 3 is 2.46 bits per heavy atom. The summed E-state index contributed by atoms with van der Waals surface area (Å²) >= 11 is 0. The average Bonchev–Trinajstić information content (AvgIpc) is 2.16. The average molecular weight is 184 g/mol. The molecule has 1 aromatic carbocycles. The molecule has 1 atom stereocenters. The molecular weight excluding hydrogens is 171 g/mol. The first-order chi connectivity index (χ1) is 6.27. The Hall–Kier alpha value is -0.970. The van der Waals surface area contributed by atoms with E-state index in [9.17, 15) is 4.39 Å². The highest BCUT2D eigenvalue weighted by atomic mass is 19.1. The molecule has 0 spiro atoms. The summed E-state index contributed by atoms with van der Waals surface area (Å²) in [6, 6.07) is 6.03. The zero-order valence-corrected chi connectivity index (χ0v) is 7.20. The Morgan fingerprint density at radius 1 is 1.38 bits per heavy atom. The van der Waals surface area contributed by atoms with Gasteiger partial charge in [-0.15, -0.1) is 0 Å². The van der Waals surface area contributed by atoms with Gasteiger partial charge in [-0.1, -0.05) is 12.1 Å². The molecule has 0 aliphatic carbocycles. The Balaban J connectivity index is 2.73. The molecule has 0 amide bonds. The minimum absolute atomic E-state index is 0.00413. The zero-order valence-electron chi connectivity index (χ0n) is 7.20. The zero-order chi connectivity index (χ0) is 9.68. The first-order valence-corrected chi connectivity index (χ1v) is 4.07. The number of halogens is 1. The lowest BCUT2D eigenvalue weighted by Gasteiger charge is -2.13. The van der Waals surface area contributed by atoms with Gasteiger partial charge in [-0.25, -0.2) is 4.39 Å². The van der Waals surface area contributed by atoms with E-state index in [1.165, 1.54) is 12.1 Å². The molecule has 3 nitrogen and oxygen atoms in total. The molecule has 72 valence electrons. The second kappa shape index (κ2) is 4.91. The van der Waals surface area contributed by atoms with Crippen LogP contribution in [-0.4, -0.2) is 18.3 Å². The summed E-state index contributed by atoms with van der Waals surface area (Å²) in [5, 5.41) is 8.99. The van der Waals surface area contributed by atoms with Gasteiger partial charge in [0.25, 0.3) is 0 Å². The van der Waals surface area contributed by atoms with E-state index in [0.717, 1.165) is 5.56 Å². The van der Waals surface area contributed by atoms with Crippen molar-refractivity contribution < 1.29 is 9.50 Å². The summed E-state index contributed by atoms with van der Waals surface area (Å²) in [6.45, 7) is 0.470. The molecule has 4 heteroatoms. The Labute approximate surface area is 76.3 Å². The highest BCUT2D eigenvalue weighted by Gasteiger charge is 2.08. The molecule has 0 aliphatic heterocycles. The van der Waals surface area contributed by atoms with Gasteiger partial charge in [0.05, 0.1) is 6.61 Å². The number of nitrogens with two attached hydrogens (primary N) is 1. The van der Waals surface area contributed by atoms with Gasteiger partial charge < -0.3 is 5.11 Å². The van der Waals surface area contributed by atoms with Gasteiger partial charge in [0.1, 0.15) is 5.82 Å². The molecule has 0 bridgehead atoms. The van der Waals surface area contributed by atoms with Crippen molar-refractivity contribution in [3.8, 4) is 0 Å². The first kappa shape index (κ1) is 10.1. The maximum absolute atomic E-state index is 12.5. The fourth-order valence-corrected chi connectivity index (χ4v) is 1.17. The van der Waals surface area contributed by atoms with Crippen molar-refractivity contribution in [2.24, 2.45) is 5.84 Å². The number of rotatable bonds is 4. The maximum atomic E-state index is 12.5. The van der Waals surface area contributed by atoms with Gasteiger partial charge in [-0.2, -0.15) is 0 Å². The van der Waals surface area contributed by atoms with Crippen LogP contribution in [0.4, 0.5) is 4.39 Å². The quantitative estimate of drug-likeness (QED) is 0.468. The number of hydrogen-bond acceptors (Lipinski definition) is 3. The molecule has 1 unspecified atom stereocenters. The second-order valence-corrected chi connectivity index (χ2v) is 2.84. The molecule has 0 saturated heterocycles. The number of hydrogen-bond donors (Lipinski definition) is 3. The summed E-state index contributed by atoms with van der Waals surface area (Å²) in [7, 11) is 0. The third kappa shape index (κ3) is 2.77. The predicted molar refractivity (Wildman–Crippen MR) is 48.4 cm³/mol. The van der Waals surface area contributed by atoms with Crippen molar-refractivity contribution in [3.63, 3.8) is 0 Å². The molecule has 0 fully saturated rings. The predicted octanol–water partition coefficient (Wildman–Crippen LogP) is 0.365. The molecule has 0 aromatic heterocycles. The van der Waals surface area contributed by atoms with E-state index in [2.05, 4.69) is 5.43 Å². The number of nitrogens with one attached hydrogen (secondary N) is 1. The molecule has 0 radical (unpaired) electrons. The third-order valence-corrected chi connectivity index (χ3v) is 1.93. The summed E-state index contributed by atoms with van der Waals surface area (Å²) in [5.41, 5.74) is 3.35. The summed E-state index contributed by atoms with van der Waals surface area (Å²) in [4.78, 5) is 0. The van der Waals surface area contributed by atoms with Crippen molar-refractivity contribution in [3.05, 3.63) is 35.6 Å². The van der Waals surface area contributed by atoms with Gasteiger partial charge in [-0.05, 0) is 17.7 Å². The van der Waals surface area contributed by atoms with Gasteiger partial charge in [0, 0.05) is 12.5 Å². The Kier molecular flexibility index (Phi) is 3.82. The molecule has 13 heavy (non-hydrogen) atoms. The topological polar surface area (TPSA) is 58.3 Å². The molecular formula is C9H13FN2O. The molecule has 0 saturated carbocycles. The van der Waals surface area contributed by atoms with Crippen LogP contribution in [0.25, 0.3) is 0 Å². The summed E-state index contributed by atoms with van der Waals surface area (Å²) in [5.74, 6) is 4.78. The second-order valence-electron chi connectivity index (χ2n) is 2.84. The smallest absolute Gasteiger partial charge is 0.123 e. The van der Waals surface area contributed by atoms with E-state index in [0.29, 0.717) is 6.54 Å². The molecule has 0 heterocycles. The van der Waals surface area contributed by atoms with E-state index in [1.54, 1.807) is 12.1 Å². The first-order valence-electron chi connectivity index (χ1n) is 4.07.